The van der Waals surface area contributed by atoms with Gasteiger partial charge in [0.15, 0.2) is 0 Å². The van der Waals surface area contributed by atoms with Crippen molar-refractivity contribution in [1.29, 1.82) is 0 Å². The smallest absolute Gasteiger partial charge is 0.264 e. The van der Waals surface area contributed by atoms with Crippen LogP contribution in [0.4, 0.5) is 14.6 Å². The van der Waals surface area contributed by atoms with Gasteiger partial charge in [0.1, 0.15) is 11.6 Å². The number of ether oxygens (including phenoxy) is 1. The van der Waals surface area contributed by atoms with Crippen LogP contribution in [0, 0.1) is 19.1 Å². The van der Waals surface area contributed by atoms with Gasteiger partial charge >= 0.3 is 0 Å². The fourth-order valence-corrected chi connectivity index (χ4v) is 2.57. The summed E-state index contributed by atoms with van der Waals surface area (Å²) in [7, 11) is 0. The van der Waals surface area contributed by atoms with Crippen LogP contribution < -0.4 is 10.1 Å². The Morgan fingerprint density at radius 2 is 2.08 bits per heavy atom. The molecular weight excluding hydrogens is 338 g/mol. The van der Waals surface area contributed by atoms with Crippen LogP contribution in [-0.2, 0) is 0 Å². The summed E-state index contributed by atoms with van der Waals surface area (Å²) >= 11 is 0. The minimum Gasteiger partial charge on any atom is -0.478 e. The fraction of sp³-hybridized carbons (Fsp3) is 0.316. The number of nitrogens with zero attached hydrogens (tertiary/aromatic N) is 3. The Balaban J connectivity index is 1.96. The molecule has 134 valence electrons. The van der Waals surface area contributed by atoms with Gasteiger partial charge in [-0.1, -0.05) is 12.1 Å². The van der Waals surface area contributed by atoms with E-state index in [1.54, 1.807) is 19.2 Å². The van der Waals surface area contributed by atoms with Crippen LogP contribution in [0.2, 0.25) is 0 Å². The highest BCUT2D eigenvalue weighted by Crippen LogP contribution is 2.27. The highest BCUT2D eigenvalue weighted by molar-refractivity contribution is 5.89. The Morgan fingerprint density at radius 3 is 2.81 bits per heavy atom. The van der Waals surface area contributed by atoms with Gasteiger partial charge in [0.25, 0.3) is 6.43 Å². The number of hydrogen-bond acceptors (Lipinski definition) is 5. The number of nitrogens with one attached hydrogen (secondary N) is 1. The molecule has 0 amide bonds. The van der Waals surface area contributed by atoms with Gasteiger partial charge in [-0.15, -0.1) is 0 Å². The number of alkyl halides is 2. The van der Waals surface area contributed by atoms with Crippen LogP contribution in [0.15, 0.2) is 24.4 Å². The van der Waals surface area contributed by atoms with Gasteiger partial charge in [0, 0.05) is 22.6 Å². The van der Waals surface area contributed by atoms with Gasteiger partial charge in [-0.2, -0.15) is 0 Å². The molecule has 0 spiro atoms. The van der Waals surface area contributed by atoms with E-state index in [1.165, 1.54) is 12.1 Å². The van der Waals surface area contributed by atoms with Gasteiger partial charge in [-0.3, -0.25) is 0 Å². The van der Waals surface area contributed by atoms with E-state index in [0.717, 1.165) is 5.39 Å². The average molecular weight is 356 g/mol. The van der Waals surface area contributed by atoms with Crippen LogP contribution >= 0.6 is 0 Å². The van der Waals surface area contributed by atoms with Crippen LogP contribution in [0.25, 0.3) is 10.9 Å². The number of halogens is 2. The van der Waals surface area contributed by atoms with E-state index in [0.29, 0.717) is 35.2 Å². The van der Waals surface area contributed by atoms with E-state index < -0.39 is 6.43 Å². The van der Waals surface area contributed by atoms with E-state index in [1.807, 2.05) is 13.8 Å². The zero-order valence-corrected chi connectivity index (χ0v) is 14.7. The number of aromatic nitrogens is 3. The lowest BCUT2D eigenvalue weighted by molar-refractivity contribution is 0.151. The van der Waals surface area contributed by atoms with Crippen LogP contribution in [-0.4, -0.2) is 21.6 Å². The number of anilines is 1. The Kier molecular flexibility index (Phi) is 5.12. The van der Waals surface area contributed by atoms with Crippen molar-refractivity contribution in [2.45, 2.75) is 33.2 Å². The number of rotatable bonds is 6. The van der Waals surface area contributed by atoms with E-state index in [2.05, 4.69) is 32.4 Å². The van der Waals surface area contributed by atoms with E-state index in [4.69, 9.17) is 4.74 Å². The molecule has 0 bridgehead atoms. The fourth-order valence-electron chi connectivity index (χ4n) is 2.57. The Morgan fingerprint density at radius 1 is 1.27 bits per heavy atom. The lowest BCUT2D eigenvalue weighted by atomic mass is 10.1. The molecule has 0 fully saturated rings. The lowest BCUT2D eigenvalue weighted by Gasteiger charge is -2.16. The van der Waals surface area contributed by atoms with Crippen molar-refractivity contribution < 1.29 is 13.5 Å². The molecule has 0 aliphatic rings. The summed E-state index contributed by atoms with van der Waals surface area (Å²) in [4.78, 5) is 13.0. The van der Waals surface area contributed by atoms with Crippen molar-refractivity contribution in [2.24, 2.45) is 0 Å². The van der Waals surface area contributed by atoms with Gasteiger partial charge < -0.3 is 10.1 Å². The molecule has 0 saturated heterocycles. The van der Waals surface area contributed by atoms with Crippen molar-refractivity contribution >= 4 is 16.7 Å². The first kappa shape index (κ1) is 17.8. The standard InChI is InChI=1S/C19H18F2N4O/c1-4-26-17-9-15-16(10-22-17)24-12(3)25-19(15)23-11(2)13-6-5-7-14(8-13)18(20)21/h7-11,18H,4H2,1-3H3,(H,23,24,25)/t11-/m1/s1. The van der Waals surface area contributed by atoms with Crippen LogP contribution in [0.3, 0.4) is 0 Å². The quantitative estimate of drug-likeness (QED) is 0.707. The van der Waals surface area contributed by atoms with Crippen LogP contribution in [0.5, 0.6) is 5.88 Å². The van der Waals surface area contributed by atoms with Crippen molar-refractivity contribution in [3.8, 4) is 5.88 Å². The topological polar surface area (TPSA) is 59.9 Å². The number of aryl methyl sites for hydroxylation is 1. The first-order valence-corrected chi connectivity index (χ1v) is 8.23. The second-order valence-electron chi connectivity index (χ2n) is 5.77. The summed E-state index contributed by atoms with van der Waals surface area (Å²) in [5.41, 5.74) is 1.16. The molecule has 3 aromatic rings. The third kappa shape index (κ3) is 3.80. The minimum absolute atomic E-state index is 0.0843. The Labute approximate surface area is 150 Å². The monoisotopic (exact) mass is 356 g/mol. The van der Waals surface area contributed by atoms with E-state index in [-0.39, 0.29) is 11.6 Å². The maximum absolute atomic E-state index is 12.9. The highest BCUT2D eigenvalue weighted by atomic mass is 19.3. The first-order valence-electron chi connectivity index (χ1n) is 8.23. The molecule has 3 rings (SSSR count). The number of pyridine rings is 1. The van der Waals surface area contributed by atoms with Crippen LogP contribution in [0.1, 0.15) is 43.3 Å². The van der Waals surface area contributed by atoms with Crippen molar-refractivity contribution in [2.75, 3.05) is 11.9 Å². The summed E-state index contributed by atoms with van der Waals surface area (Å²) < 4.78 is 31.3. The zero-order chi connectivity index (χ0) is 18.7. The van der Waals surface area contributed by atoms with Gasteiger partial charge in [-0.25, -0.2) is 23.7 Å². The summed E-state index contributed by atoms with van der Waals surface area (Å²) in [6.07, 6.45) is -0.920. The molecule has 1 aromatic carbocycles. The molecule has 2 aromatic heterocycles. The molecule has 7 heteroatoms. The number of fused-ring (bicyclic) bond motifs is 1. The molecule has 0 unspecified atom stereocenters. The van der Waals surface area contributed by atoms with Crippen molar-refractivity contribution in [3.63, 3.8) is 0 Å². The maximum atomic E-state index is 12.9. The predicted molar refractivity (Wildman–Crippen MR) is 94.3 cm³/mol. The van der Waals surface area contributed by atoms with Crippen molar-refractivity contribution in [3.05, 3.63) is 53.5 Å². The molecule has 1 N–H and O–H groups in total. The average Bonchev–Trinajstić information content (AvgIpc) is 2.62. The molecule has 0 saturated carbocycles. The van der Waals surface area contributed by atoms with E-state index >= 15 is 0 Å². The second-order valence-corrected chi connectivity index (χ2v) is 5.77. The SMILES string of the molecule is CCOc1cc2c(N[C@H](C)c3c#ccc(C(F)F)c3)nc(C)nc2cn1. The summed E-state index contributed by atoms with van der Waals surface area (Å²) in [5, 5.41) is 3.99. The lowest BCUT2D eigenvalue weighted by Crippen LogP contribution is -2.10. The third-order valence-corrected chi connectivity index (χ3v) is 3.81. The predicted octanol–water partition coefficient (Wildman–Crippen LogP) is 4.44. The summed E-state index contributed by atoms with van der Waals surface area (Å²) in [6.45, 7) is 6.00. The minimum atomic E-state index is -2.55. The van der Waals surface area contributed by atoms with Crippen molar-refractivity contribution in [1.82, 2.24) is 15.0 Å². The molecular formula is C19H18F2N4O. The van der Waals surface area contributed by atoms with E-state index in [9.17, 15) is 8.78 Å². The summed E-state index contributed by atoms with van der Waals surface area (Å²) in [5.74, 6) is 1.64. The number of hydrogen-bond donors (Lipinski definition) is 1. The third-order valence-electron chi connectivity index (χ3n) is 3.81. The second kappa shape index (κ2) is 7.48. The molecule has 0 aliphatic carbocycles. The molecule has 1 atom stereocenters. The first-order chi connectivity index (χ1) is 12.5. The molecule has 5 nitrogen and oxygen atoms in total. The van der Waals surface area contributed by atoms with Gasteiger partial charge in [-0.05, 0) is 32.9 Å². The largest absolute Gasteiger partial charge is 0.478 e. The summed E-state index contributed by atoms with van der Waals surface area (Å²) in [6, 6.07) is 9.64. The highest BCUT2D eigenvalue weighted by Gasteiger charge is 2.14. The Hall–Kier alpha value is -3.01. The molecule has 0 aliphatic heterocycles. The maximum Gasteiger partial charge on any atom is 0.264 e. The molecule has 26 heavy (non-hydrogen) atoms. The Bertz CT molecular complexity index is 917. The molecule has 2 heterocycles. The normalized spacial score (nSPS) is 12.1. The molecule has 0 radical (unpaired) electrons. The zero-order valence-electron chi connectivity index (χ0n) is 14.7. The van der Waals surface area contributed by atoms with Gasteiger partial charge in [0.2, 0.25) is 5.88 Å². The van der Waals surface area contributed by atoms with Gasteiger partial charge in [0.05, 0.1) is 24.4 Å².